The maximum Gasteiger partial charge on any atom is 0.126 e. The quantitative estimate of drug-likeness (QED) is 0.699. The molecule has 2 nitrogen and oxygen atoms in total. The maximum atomic E-state index is 9.51. The van der Waals surface area contributed by atoms with Gasteiger partial charge in [-0.2, -0.15) is 0 Å². The molecule has 2 heteroatoms. The van der Waals surface area contributed by atoms with E-state index in [2.05, 4.69) is 0 Å². The molecule has 0 atom stereocenters. The number of rotatable bonds is 1. The van der Waals surface area contributed by atoms with Crippen molar-refractivity contribution in [3.63, 3.8) is 0 Å². The smallest absolute Gasteiger partial charge is 0.126 e. The largest absolute Gasteiger partial charge is 0.507 e. The molecule has 0 unspecified atom stereocenters. The van der Waals surface area contributed by atoms with E-state index in [1.165, 1.54) is 0 Å². The van der Waals surface area contributed by atoms with Gasteiger partial charge < -0.3 is 9.52 Å². The minimum atomic E-state index is 0.304. The molecular formula is C10H10O2. The van der Waals surface area contributed by atoms with Gasteiger partial charge in [0.05, 0.1) is 11.6 Å². The third kappa shape index (κ3) is 0.881. The summed E-state index contributed by atoms with van der Waals surface area (Å²) in [7, 11) is 0. The molecule has 2 aromatic rings. The first-order valence-electron chi connectivity index (χ1n) is 4.01. The Balaban J connectivity index is 2.83. The SMILES string of the molecule is CCc1occ2cccc(O)c12. The highest BCUT2D eigenvalue weighted by Crippen LogP contribution is 2.29. The Kier molecular flexibility index (Phi) is 1.54. The summed E-state index contributed by atoms with van der Waals surface area (Å²) in [6.07, 6.45) is 2.48. The monoisotopic (exact) mass is 162 g/mol. The van der Waals surface area contributed by atoms with Crippen molar-refractivity contribution in [2.45, 2.75) is 13.3 Å². The van der Waals surface area contributed by atoms with Crippen molar-refractivity contribution >= 4 is 10.8 Å². The highest BCUT2D eigenvalue weighted by atomic mass is 16.3. The molecule has 0 aliphatic carbocycles. The Labute approximate surface area is 70.4 Å². The zero-order valence-electron chi connectivity index (χ0n) is 6.87. The minimum Gasteiger partial charge on any atom is -0.507 e. The van der Waals surface area contributed by atoms with Gasteiger partial charge in [0.15, 0.2) is 0 Å². The van der Waals surface area contributed by atoms with E-state index in [9.17, 15) is 5.11 Å². The second-order valence-corrected chi connectivity index (χ2v) is 2.75. The molecule has 0 saturated carbocycles. The van der Waals surface area contributed by atoms with Crippen molar-refractivity contribution in [2.75, 3.05) is 0 Å². The number of phenolic OH excluding ortho intramolecular Hbond substituents is 1. The average molecular weight is 162 g/mol. The number of hydrogen-bond acceptors (Lipinski definition) is 2. The van der Waals surface area contributed by atoms with Gasteiger partial charge in [-0.3, -0.25) is 0 Å². The first-order valence-corrected chi connectivity index (χ1v) is 4.01. The van der Waals surface area contributed by atoms with Crippen molar-refractivity contribution in [1.82, 2.24) is 0 Å². The van der Waals surface area contributed by atoms with Gasteiger partial charge in [-0.1, -0.05) is 19.1 Å². The van der Waals surface area contributed by atoms with Gasteiger partial charge in [-0.25, -0.2) is 0 Å². The summed E-state index contributed by atoms with van der Waals surface area (Å²) in [4.78, 5) is 0. The predicted molar refractivity (Wildman–Crippen MR) is 47.3 cm³/mol. The van der Waals surface area contributed by atoms with Gasteiger partial charge >= 0.3 is 0 Å². The second kappa shape index (κ2) is 2.55. The fraction of sp³-hybridized carbons (Fsp3) is 0.200. The van der Waals surface area contributed by atoms with Crippen LogP contribution in [0.25, 0.3) is 10.8 Å². The highest BCUT2D eigenvalue weighted by molar-refractivity contribution is 5.89. The zero-order valence-corrected chi connectivity index (χ0v) is 6.87. The summed E-state index contributed by atoms with van der Waals surface area (Å²) >= 11 is 0. The predicted octanol–water partition coefficient (Wildman–Crippen LogP) is 2.70. The summed E-state index contributed by atoms with van der Waals surface area (Å²) in [6.45, 7) is 2.00. The van der Waals surface area contributed by atoms with Gasteiger partial charge in [0.2, 0.25) is 0 Å². The molecule has 1 aromatic heterocycles. The molecule has 2 rings (SSSR count). The first kappa shape index (κ1) is 7.22. The molecule has 0 amide bonds. The first-order chi connectivity index (χ1) is 5.83. The minimum absolute atomic E-state index is 0.304. The molecule has 0 aliphatic rings. The lowest BCUT2D eigenvalue weighted by molar-refractivity contribution is 0.477. The number of aryl methyl sites for hydroxylation is 1. The van der Waals surface area contributed by atoms with Crippen LogP contribution in [0.15, 0.2) is 28.9 Å². The number of fused-ring (bicyclic) bond motifs is 1. The lowest BCUT2D eigenvalue weighted by Crippen LogP contribution is -1.75. The van der Waals surface area contributed by atoms with Gasteiger partial charge in [0.25, 0.3) is 0 Å². The van der Waals surface area contributed by atoms with Crippen LogP contribution >= 0.6 is 0 Å². The Hall–Kier alpha value is -1.44. The van der Waals surface area contributed by atoms with Gasteiger partial charge in [0, 0.05) is 11.8 Å². The van der Waals surface area contributed by atoms with Crippen molar-refractivity contribution < 1.29 is 9.52 Å². The molecule has 0 radical (unpaired) electrons. The Bertz CT molecular complexity index is 401. The summed E-state index contributed by atoms with van der Waals surface area (Å²) < 4.78 is 5.29. The Morgan fingerprint density at radius 3 is 3.00 bits per heavy atom. The van der Waals surface area contributed by atoms with Crippen molar-refractivity contribution in [1.29, 1.82) is 0 Å². The third-order valence-corrected chi connectivity index (χ3v) is 2.00. The normalized spacial score (nSPS) is 10.8. The van der Waals surface area contributed by atoms with Crippen LogP contribution in [0.5, 0.6) is 5.75 Å². The van der Waals surface area contributed by atoms with E-state index in [4.69, 9.17) is 4.42 Å². The van der Waals surface area contributed by atoms with E-state index in [0.29, 0.717) is 5.75 Å². The summed E-state index contributed by atoms with van der Waals surface area (Å²) in [5, 5.41) is 11.3. The van der Waals surface area contributed by atoms with E-state index in [1.807, 2.05) is 19.1 Å². The molecule has 0 spiro atoms. The van der Waals surface area contributed by atoms with Gasteiger partial charge in [-0.05, 0) is 6.07 Å². The van der Waals surface area contributed by atoms with Gasteiger partial charge in [-0.15, -0.1) is 0 Å². The van der Waals surface area contributed by atoms with Crippen LogP contribution in [0.2, 0.25) is 0 Å². The topological polar surface area (TPSA) is 33.4 Å². The van der Waals surface area contributed by atoms with Crippen molar-refractivity contribution in [2.24, 2.45) is 0 Å². The van der Waals surface area contributed by atoms with E-state index >= 15 is 0 Å². The van der Waals surface area contributed by atoms with E-state index in [1.54, 1.807) is 12.3 Å². The molecule has 0 fully saturated rings. The number of aromatic hydroxyl groups is 1. The van der Waals surface area contributed by atoms with Crippen molar-refractivity contribution in [3.05, 3.63) is 30.2 Å². The van der Waals surface area contributed by atoms with Crippen LogP contribution in [0, 0.1) is 0 Å². The molecule has 0 bridgehead atoms. The molecule has 0 saturated heterocycles. The van der Waals surface area contributed by atoms with Crippen LogP contribution < -0.4 is 0 Å². The van der Waals surface area contributed by atoms with E-state index < -0.39 is 0 Å². The molecule has 0 aliphatic heterocycles. The standard InChI is InChI=1S/C10H10O2/c1-2-9-10-7(6-12-9)4-3-5-8(10)11/h3-6,11H,2H2,1H3. The number of benzene rings is 1. The van der Waals surface area contributed by atoms with Crippen LogP contribution in [-0.2, 0) is 6.42 Å². The number of phenols is 1. The van der Waals surface area contributed by atoms with Crippen molar-refractivity contribution in [3.8, 4) is 5.75 Å². The van der Waals surface area contributed by atoms with E-state index in [-0.39, 0.29) is 0 Å². The van der Waals surface area contributed by atoms with Crippen LogP contribution in [0.3, 0.4) is 0 Å². The Morgan fingerprint density at radius 1 is 1.42 bits per heavy atom. The summed E-state index contributed by atoms with van der Waals surface area (Å²) in [5.41, 5.74) is 0. The fourth-order valence-electron chi connectivity index (χ4n) is 1.41. The molecular weight excluding hydrogens is 152 g/mol. The van der Waals surface area contributed by atoms with Crippen LogP contribution in [0.4, 0.5) is 0 Å². The van der Waals surface area contributed by atoms with Crippen LogP contribution in [0.1, 0.15) is 12.7 Å². The van der Waals surface area contributed by atoms with Crippen LogP contribution in [-0.4, -0.2) is 5.11 Å². The zero-order chi connectivity index (χ0) is 8.55. The molecule has 1 aromatic carbocycles. The lowest BCUT2D eigenvalue weighted by atomic mass is 10.1. The maximum absolute atomic E-state index is 9.51. The fourth-order valence-corrected chi connectivity index (χ4v) is 1.41. The Morgan fingerprint density at radius 2 is 2.25 bits per heavy atom. The third-order valence-electron chi connectivity index (χ3n) is 2.00. The van der Waals surface area contributed by atoms with E-state index in [0.717, 1.165) is 23.0 Å². The molecule has 62 valence electrons. The average Bonchev–Trinajstić information content (AvgIpc) is 2.49. The van der Waals surface area contributed by atoms with Gasteiger partial charge in [0.1, 0.15) is 11.5 Å². The molecule has 1 N–H and O–H groups in total. The summed E-state index contributed by atoms with van der Waals surface area (Å²) in [5.74, 6) is 1.15. The molecule has 1 heterocycles. The lowest BCUT2D eigenvalue weighted by Gasteiger charge is -1.94. The number of furan rings is 1. The second-order valence-electron chi connectivity index (χ2n) is 2.75. The highest BCUT2D eigenvalue weighted by Gasteiger charge is 2.07. The number of hydrogen-bond donors (Lipinski definition) is 1. The molecule has 12 heavy (non-hydrogen) atoms. The summed E-state index contributed by atoms with van der Waals surface area (Å²) in [6, 6.07) is 5.42.